The van der Waals surface area contributed by atoms with Gasteiger partial charge in [0.1, 0.15) is 11.5 Å². The second-order valence-electron chi connectivity index (χ2n) is 7.81. The van der Waals surface area contributed by atoms with Gasteiger partial charge in [0, 0.05) is 25.2 Å². The van der Waals surface area contributed by atoms with Crippen molar-refractivity contribution >= 4 is 11.8 Å². The van der Waals surface area contributed by atoms with E-state index < -0.39 is 6.10 Å². The fourth-order valence-electron chi connectivity index (χ4n) is 4.10. The smallest absolute Gasteiger partial charge is 0.274 e. The molecule has 0 unspecified atom stereocenters. The highest BCUT2D eigenvalue weighted by molar-refractivity contribution is 5.98. The van der Waals surface area contributed by atoms with E-state index in [-0.39, 0.29) is 48.2 Å². The third kappa shape index (κ3) is 4.32. The summed E-state index contributed by atoms with van der Waals surface area (Å²) in [6.45, 7) is 0.674. The van der Waals surface area contributed by atoms with E-state index in [2.05, 4.69) is 10.4 Å². The fourth-order valence-corrected chi connectivity index (χ4v) is 4.10. The van der Waals surface area contributed by atoms with Crippen LogP contribution in [0.15, 0.2) is 30.3 Å². The molecule has 0 saturated heterocycles. The number of hydrogen-bond acceptors (Lipinski definition) is 4. The molecule has 1 aromatic heterocycles. The number of carbonyl (C=O) groups is 2. The van der Waals surface area contributed by atoms with Gasteiger partial charge in [0.2, 0.25) is 0 Å². The van der Waals surface area contributed by atoms with Crippen LogP contribution in [0.3, 0.4) is 0 Å². The lowest BCUT2D eigenvalue weighted by molar-refractivity contribution is 0.0606. The Kier molecular flexibility index (Phi) is 5.62. The van der Waals surface area contributed by atoms with Gasteiger partial charge in [-0.1, -0.05) is 31.4 Å². The van der Waals surface area contributed by atoms with E-state index in [1.807, 2.05) is 0 Å². The van der Waals surface area contributed by atoms with E-state index in [0.29, 0.717) is 6.54 Å². The summed E-state index contributed by atoms with van der Waals surface area (Å²) < 4.78 is 14.7. The first-order valence-corrected chi connectivity index (χ1v) is 10.1. The van der Waals surface area contributed by atoms with E-state index in [4.69, 9.17) is 0 Å². The maximum Gasteiger partial charge on any atom is 0.274 e. The quantitative estimate of drug-likeness (QED) is 0.823. The summed E-state index contributed by atoms with van der Waals surface area (Å²) >= 11 is 0. The lowest BCUT2D eigenvalue weighted by Crippen LogP contribution is -2.41. The number of aliphatic hydroxyl groups is 1. The van der Waals surface area contributed by atoms with Gasteiger partial charge in [0.05, 0.1) is 12.6 Å². The molecule has 1 atom stereocenters. The van der Waals surface area contributed by atoms with Gasteiger partial charge in [0.25, 0.3) is 11.8 Å². The number of nitrogens with zero attached hydrogens (tertiary/aromatic N) is 3. The molecular formula is C21H25FN4O3. The maximum absolute atomic E-state index is 13.4. The molecular weight excluding hydrogens is 375 g/mol. The molecule has 154 valence electrons. The van der Waals surface area contributed by atoms with Crippen LogP contribution in [0.25, 0.3) is 0 Å². The predicted molar refractivity (Wildman–Crippen MR) is 104 cm³/mol. The van der Waals surface area contributed by atoms with Crippen molar-refractivity contribution in [3.8, 4) is 0 Å². The van der Waals surface area contributed by atoms with Gasteiger partial charge < -0.3 is 15.3 Å². The number of carbonyl (C=O) groups excluding carboxylic acids is 2. The molecule has 1 aliphatic heterocycles. The Morgan fingerprint density at radius 1 is 1.24 bits per heavy atom. The van der Waals surface area contributed by atoms with Crippen molar-refractivity contribution in [1.82, 2.24) is 20.0 Å². The zero-order valence-corrected chi connectivity index (χ0v) is 16.2. The molecule has 2 amide bonds. The summed E-state index contributed by atoms with van der Waals surface area (Å²) in [5.41, 5.74) is 1.31. The first-order valence-electron chi connectivity index (χ1n) is 10.1. The normalized spacial score (nSPS) is 19.9. The SMILES string of the molecule is O=C1NC[C@H](O)Cn2nc(C(=O)N(Cc3ccc(F)cc3)C3CCCCC3)cc21. The Morgan fingerprint density at radius 2 is 1.97 bits per heavy atom. The minimum atomic E-state index is -0.753. The third-order valence-electron chi connectivity index (χ3n) is 5.66. The molecule has 2 N–H and O–H groups in total. The van der Waals surface area contributed by atoms with Crippen molar-refractivity contribution in [2.75, 3.05) is 6.54 Å². The number of benzene rings is 1. The van der Waals surface area contributed by atoms with Gasteiger partial charge in [-0.05, 0) is 30.5 Å². The largest absolute Gasteiger partial charge is 0.389 e. The number of aromatic nitrogens is 2. The number of fused-ring (bicyclic) bond motifs is 1. The van der Waals surface area contributed by atoms with E-state index >= 15 is 0 Å². The van der Waals surface area contributed by atoms with Gasteiger partial charge in [-0.25, -0.2) is 4.39 Å². The van der Waals surface area contributed by atoms with Crippen LogP contribution in [-0.4, -0.2) is 50.3 Å². The molecule has 2 heterocycles. The van der Waals surface area contributed by atoms with Gasteiger partial charge in [-0.15, -0.1) is 0 Å². The van der Waals surface area contributed by atoms with Crippen LogP contribution in [0, 0.1) is 5.82 Å². The fraction of sp³-hybridized carbons (Fsp3) is 0.476. The van der Waals surface area contributed by atoms with Gasteiger partial charge >= 0.3 is 0 Å². The van der Waals surface area contributed by atoms with E-state index in [1.165, 1.54) is 22.9 Å². The molecule has 2 aromatic rings. The lowest BCUT2D eigenvalue weighted by atomic mass is 9.93. The molecule has 0 bridgehead atoms. The second-order valence-corrected chi connectivity index (χ2v) is 7.81. The zero-order chi connectivity index (χ0) is 20.4. The first-order chi connectivity index (χ1) is 14.0. The standard InChI is InChI=1S/C21H25FN4O3/c22-15-8-6-14(7-9-15)12-25(16-4-2-1-3-5-16)21(29)18-10-19-20(28)23-11-17(27)13-26(19)24-18/h6-10,16-17,27H,1-5,11-13H2,(H,23,28)/t17-/m0/s1. The minimum Gasteiger partial charge on any atom is -0.389 e. The molecule has 29 heavy (non-hydrogen) atoms. The van der Waals surface area contributed by atoms with Crippen LogP contribution in [0.2, 0.25) is 0 Å². The van der Waals surface area contributed by atoms with Gasteiger partial charge in [0.15, 0.2) is 5.69 Å². The zero-order valence-electron chi connectivity index (χ0n) is 16.2. The van der Waals surface area contributed by atoms with Crippen LogP contribution < -0.4 is 5.32 Å². The average Bonchev–Trinajstić information content (AvgIpc) is 3.10. The highest BCUT2D eigenvalue weighted by atomic mass is 19.1. The molecule has 1 fully saturated rings. The van der Waals surface area contributed by atoms with Crippen molar-refractivity contribution in [2.45, 2.75) is 57.3 Å². The van der Waals surface area contributed by atoms with Gasteiger partial charge in [-0.3, -0.25) is 14.3 Å². The summed E-state index contributed by atoms with van der Waals surface area (Å²) in [6, 6.07) is 7.74. The van der Waals surface area contributed by atoms with Crippen LogP contribution in [-0.2, 0) is 13.1 Å². The summed E-state index contributed by atoms with van der Waals surface area (Å²) in [4.78, 5) is 27.4. The molecule has 1 aliphatic carbocycles. The van der Waals surface area contributed by atoms with E-state index in [9.17, 15) is 19.1 Å². The molecule has 0 spiro atoms. The third-order valence-corrected chi connectivity index (χ3v) is 5.66. The summed E-state index contributed by atoms with van der Waals surface area (Å²) in [6.07, 6.45) is 4.36. The van der Waals surface area contributed by atoms with E-state index in [0.717, 1.165) is 37.7 Å². The summed E-state index contributed by atoms with van der Waals surface area (Å²) in [5.74, 6) is -0.911. The number of hydrogen-bond donors (Lipinski definition) is 2. The van der Waals surface area contributed by atoms with Crippen LogP contribution in [0.5, 0.6) is 0 Å². The van der Waals surface area contributed by atoms with Crippen LogP contribution >= 0.6 is 0 Å². The molecule has 0 radical (unpaired) electrons. The highest BCUT2D eigenvalue weighted by Crippen LogP contribution is 2.26. The van der Waals surface area contributed by atoms with Crippen molar-refractivity contribution in [3.05, 3.63) is 53.1 Å². The first kappa shape index (κ1) is 19.6. The van der Waals surface area contributed by atoms with Crippen molar-refractivity contribution in [1.29, 1.82) is 0 Å². The Hall–Kier alpha value is -2.74. The minimum absolute atomic E-state index is 0.0854. The number of rotatable bonds is 4. The topological polar surface area (TPSA) is 87.5 Å². The Bertz CT molecular complexity index is 890. The Morgan fingerprint density at radius 3 is 2.69 bits per heavy atom. The van der Waals surface area contributed by atoms with Crippen LogP contribution in [0.1, 0.15) is 58.6 Å². The molecule has 4 rings (SSSR count). The summed E-state index contributed by atoms with van der Waals surface area (Å²) in [5, 5.41) is 16.9. The number of aliphatic hydroxyl groups excluding tert-OH is 1. The number of nitrogens with one attached hydrogen (secondary N) is 1. The van der Waals surface area contributed by atoms with Crippen LogP contribution in [0.4, 0.5) is 4.39 Å². The second kappa shape index (κ2) is 8.32. The van der Waals surface area contributed by atoms with E-state index in [1.54, 1.807) is 17.0 Å². The van der Waals surface area contributed by atoms with Gasteiger partial charge in [-0.2, -0.15) is 5.10 Å². The lowest BCUT2D eigenvalue weighted by Gasteiger charge is -2.34. The molecule has 8 heteroatoms. The number of β-amino-alcohol motifs (C(OH)–C–C–N with tert-alkyl or cyclic N) is 1. The maximum atomic E-state index is 13.4. The Labute approximate surface area is 168 Å². The number of amides is 2. The van der Waals surface area contributed by atoms with Crippen molar-refractivity contribution in [3.63, 3.8) is 0 Å². The average molecular weight is 400 g/mol. The molecule has 7 nitrogen and oxygen atoms in total. The summed E-state index contributed by atoms with van der Waals surface area (Å²) in [7, 11) is 0. The van der Waals surface area contributed by atoms with Crippen molar-refractivity contribution in [2.24, 2.45) is 0 Å². The molecule has 1 aromatic carbocycles. The molecule has 2 aliphatic rings. The van der Waals surface area contributed by atoms with Crippen molar-refractivity contribution < 1.29 is 19.1 Å². The monoisotopic (exact) mass is 400 g/mol. The molecule has 1 saturated carbocycles. The highest BCUT2D eigenvalue weighted by Gasteiger charge is 2.30. The predicted octanol–water partition coefficient (Wildman–Crippen LogP) is 2.10. The number of halogens is 1. The Balaban J connectivity index is 1.62.